The highest BCUT2D eigenvalue weighted by molar-refractivity contribution is 6.42. The molecular formula is C15H19Cl2NO. The number of nitrogens with zero attached hydrogens (tertiary/aromatic N) is 1. The molecule has 19 heavy (non-hydrogen) atoms. The van der Waals surface area contributed by atoms with Crippen molar-refractivity contribution < 1.29 is 4.74 Å². The topological polar surface area (TPSA) is 12.5 Å². The van der Waals surface area contributed by atoms with Gasteiger partial charge in [0.05, 0.1) is 22.9 Å². The maximum atomic E-state index is 6.21. The van der Waals surface area contributed by atoms with Crippen molar-refractivity contribution in [2.75, 3.05) is 20.3 Å². The Hall–Kier alpha value is -0.280. The lowest BCUT2D eigenvalue weighted by atomic mass is 9.66. The predicted octanol–water partition coefficient (Wildman–Crippen LogP) is 4.09. The van der Waals surface area contributed by atoms with Crippen molar-refractivity contribution in [3.8, 4) is 0 Å². The van der Waals surface area contributed by atoms with Crippen LogP contribution >= 0.6 is 23.2 Å². The SMILES string of the molecule is CN1CO[C@H]2CCCC[C@]2(c2ccc(Cl)c(Cl)c2)C1. The molecule has 2 atom stereocenters. The number of hydrogen-bond acceptors (Lipinski definition) is 2. The highest BCUT2D eigenvalue weighted by Gasteiger charge is 2.46. The molecule has 1 aromatic rings. The van der Waals surface area contributed by atoms with E-state index in [1.807, 2.05) is 12.1 Å². The van der Waals surface area contributed by atoms with Crippen molar-refractivity contribution in [2.24, 2.45) is 0 Å². The zero-order valence-corrected chi connectivity index (χ0v) is 12.7. The van der Waals surface area contributed by atoms with Gasteiger partial charge in [-0.2, -0.15) is 0 Å². The Labute approximate surface area is 124 Å². The van der Waals surface area contributed by atoms with Crippen LogP contribution < -0.4 is 0 Å². The third-order valence-electron chi connectivity index (χ3n) is 4.50. The molecule has 0 unspecified atom stereocenters. The van der Waals surface area contributed by atoms with Gasteiger partial charge >= 0.3 is 0 Å². The first kappa shape index (κ1) is 13.7. The molecule has 0 spiro atoms. The summed E-state index contributed by atoms with van der Waals surface area (Å²) in [5.74, 6) is 0. The Morgan fingerprint density at radius 3 is 2.89 bits per heavy atom. The van der Waals surface area contributed by atoms with E-state index in [4.69, 9.17) is 27.9 Å². The normalized spacial score (nSPS) is 32.1. The van der Waals surface area contributed by atoms with Gasteiger partial charge < -0.3 is 4.74 Å². The molecule has 0 bridgehead atoms. The second-order valence-corrected chi connectivity index (χ2v) is 6.64. The fraction of sp³-hybridized carbons (Fsp3) is 0.600. The number of likely N-dealkylation sites (N-methyl/N-ethyl adjacent to an activating group) is 1. The monoisotopic (exact) mass is 299 g/mol. The fourth-order valence-corrected chi connectivity index (χ4v) is 3.90. The molecule has 0 N–H and O–H groups in total. The van der Waals surface area contributed by atoms with Gasteiger partial charge in [0.25, 0.3) is 0 Å². The molecule has 0 radical (unpaired) electrons. The minimum Gasteiger partial charge on any atom is -0.362 e. The first-order valence-electron chi connectivity index (χ1n) is 6.87. The molecule has 4 heteroatoms. The molecule has 2 nitrogen and oxygen atoms in total. The number of benzene rings is 1. The summed E-state index contributed by atoms with van der Waals surface area (Å²) in [5, 5.41) is 1.27. The smallest absolute Gasteiger partial charge is 0.0992 e. The molecule has 0 amide bonds. The molecule has 0 aromatic heterocycles. The van der Waals surface area contributed by atoms with E-state index in [9.17, 15) is 0 Å². The van der Waals surface area contributed by atoms with Gasteiger partial charge in [-0.1, -0.05) is 42.1 Å². The Morgan fingerprint density at radius 2 is 2.11 bits per heavy atom. The number of fused-ring (bicyclic) bond motifs is 1. The van der Waals surface area contributed by atoms with Crippen LogP contribution in [-0.4, -0.2) is 31.3 Å². The van der Waals surface area contributed by atoms with Gasteiger partial charge in [0, 0.05) is 12.0 Å². The molecule has 1 saturated carbocycles. The zero-order valence-electron chi connectivity index (χ0n) is 11.2. The van der Waals surface area contributed by atoms with Crippen molar-refractivity contribution in [1.29, 1.82) is 0 Å². The van der Waals surface area contributed by atoms with E-state index in [0.717, 1.165) is 19.7 Å². The maximum absolute atomic E-state index is 6.21. The molecule has 2 fully saturated rings. The summed E-state index contributed by atoms with van der Waals surface area (Å²) >= 11 is 12.3. The molecule has 2 aliphatic rings. The van der Waals surface area contributed by atoms with Crippen molar-refractivity contribution in [3.05, 3.63) is 33.8 Å². The van der Waals surface area contributed by atoms with Crippen molar-refractivity contribution >= 4 is 23.2 Å². The lowest BCUT2D eigenvalue weighted by molar-refractivity contribution is -0.125. The molecule has 1 heterocycles. The Morgan fingerprint density at radius 1 is 1.26 bits per heavy atom. The molecule has 1 aliphatic heterocycles. The van der Waals surface area contributed by atoms with E-state index in [1.165, 1.54) is 24.8 Å². The minimum absolute atomic E-state index is 0.0828. The van der Waals surface area contributed by atoms with E-state index < -0.39 is 0 Å². The van der Waals surface area contributed by atoms with Gasteiger partial charge in [0.1, 0.15) is 0 Å². The summed E-state index contributed by atoms with van der Waals surface area (Å²) in [4.78, 5) is 2.25. The zero-order chi connectivity index (χ0) is 13.5. The maximum Gasteiger partial charge on any atom is 0.0992 e. The summed E-state index contributed by atoms with van der Waals surface area (Å²) < 4.78 is 6.07. The van der Waals surface area contributed by atoms with Crippen LogP contribution in [0.15, 0.2) is 18.2 Å². The molecule has 3 rings (SSSR count). The van der Waals surface area contributed by atoms with E-state index in [-0.39, 0.29) is 5.41 Å². The number of hydrogen-bond donors (Lipinski definition) is 0. The first-order chi connectivity index (χ1) is 9.12. The summed E-state index contributed by atoms with van der Waals surface area (Å²) in [5.41, 5.74) is 1.36. The van der Waals surface area contributed by atoms with Crippen molar-refractivity contribution in [2.45, 2.75) is 37.2 Å². The molecule has 104 valence electrons. The second-order valence-electron chi connectivity index (χ2n) is 5.83. The Balaban J connectivity index is 2.02. The molecular weight excluding hydrogens is 281 g/mol. The fourth-order valence-electron chi connectivity index (χ4n) is 3.60. The van der Waals surface area contributed by atoms with Gasteiger partial charge in [-0.3, -0.25) is 4.90 Å². The number of ether oxygens (including phenoxy) is 1. The first-order valence-corrected chi connectivity index (χ1v) is 7.63. The summed E-state index contributed by atoms with van der Waals surface area (Å²) in [6, 6.07) is 6.06. The van der Waals surface area contributed by atoms with Crippen LogP contribution in [0, 0.1) is 0 Å². The average molecular weight is 300 g/mol. The van der Waals surface area contributed by atoms with Crippen LogP contribution in [0.1, 0.15) is 31.2 Å². The highest BCUT2D eigenvalue weighted by Crippen LogP contribution is 2.45. The minimum atomic E-state index is 0.0828. The van der Waals surface area contributed by atoms with E-state index >= 15 is 0 Å². The molecule has 1 aromatic carbocycles. The van der Waals surface area contributed by atoms with Crippen LogP contribution in [0.4, 0.5) is 0 Å². The van der Waals surface area contributed by atoms with Crippen LogP contribution in [0.5, 0.6) is 0 Å². The van der Waals surface area contributed by atoms with E-state index in [0.29, 0.717) is 16.1 Å². The third-order valence-corrected chi connectivity index (χ3v) is 5.24. The van der Waals surface area contributed by atoms with Crippen LogP contribution in [-0.2, 0) is 10.2 Å². The standard InChI is InChI=1S/C15H19Cl2NO/c1-18-9-15(7-3-2-4-14(15)19-10-18)11-5-6-12(16)13(17)8-11/h5-6,8,14H,2-4,7,9-10H2,1H3/t14-,15+/m0/s1. The predicted molar refractivity (Wildman–Crippen MR) is 79.0 cm³/mol. The van der Waals surface area contributed by atoms with Crippen molar-refractivity contribution in [3.63, 3.8) is 0 Å². The lowest BCUT2D eigenvalue weighted by Crippen LogP contribution is -2.56. The average Bonchev–Trinajstić information content (AvgIpc) is 2.41. The quantitative estimate of drug-likeness (QED) is 0.774. The van der Waals surface area contributed by atoms with Gasteiger partial charge in [0.2, 0.25) is 0 Å². The summed E-state index contributed by atoms with van der Waals surface area (Å²) in [7, 11) is 2.12. The third kappa shape index (κ3) is 2.40. The van der Waals surface area contributed by atoms with Gasteiger partial charge in [-0.25, -0.2) is 0 Å². The van der Waals surface area contributed by atoms with E-state index in [1.54, 1.807) is 0 Å². The summed E-state index contributed by atoms with van der Waals surface area (Å²) in [6.07, 6.45) is 5.15. The number of halogens is 2. The van der Waals surface area contributed by atoms with Gasteiger partial charge in [0.15, 0.2) is 0 Å². The molecule has 1 saturated heterocycles. The van der Waals surface area contributed by atoms with Gasteiger partial charge in [-0.15, -0.1) is 0 Å². The van der Waals surface area contributed by atoms with Crippen molar-refractivity contribution in [1.82, 2.24) is 4.90 Å². The van der Waals surface area contributed by atoms with Crippen LogP contribution in [0.25, 0.3) is 0 Å². The highest BCUT2D eigenvalue weighted by atomic mass is 35.5. The lowest BCUT2D eigenvalue weighted by Gasteiger charge is -2.50. The van der Waals surface area contributed by atoms with E-state index in [2.05, 4.69) is 18.0 Å². The second kappa shape index (κ2) is 5.25. The summed E-state index contributed by atoms with van der Waals surface area (Å²) in [6.45, 7) is 1.77. The Bertz CT molecular complexity index is 479. The van der Waals surface area contributed by atoms with Crippen LogP contribution in [0.2, 0.25) is 10.0 Å². The molecule has 1 aliphatic carbocycles. The Kier molecular flexibility index (Phi) is 3.78. The largest absolute Gasteiger partial charge is 0.362 e. The van der Waals surface area contributed by atoms with Crippen LogP contribution in [0.3, 0.4) is 0 Å². The van der Waals surface area contributed by atoms with Gasteiger partial charge in [-0.05, 0) is 37.6 Å². The number of rotatable bonds is 1.